The number of carbonyl (C=O) groups excluding carboxylic acids is 1. The molecule has 1 saturated carbocycles. The molecule has 36 heavy (non-hydrogen) atoms. The van der Waals surface area contributed by atoms with Crippen molar-refractivity contribution in [3.63, 3.8) is 0 Å². The molecule has 0 radical (unpaired) electrons. The Labute approximate surface area is 213 Å². The molecule has 6 rings (SSSR count). The van der Waals surface area contributed by atoms with Crippen molar-refractivity contribution in [3.8, 4) is 5.75 Å². The molecule has 0 saturated heterocycles. The molecule has 9 nitrogen and oxygen atoms in total. The maximum atomic E-state index is 12.6. The van der Waals surface area contributed by atoms with Gasteiger partial charge in [0.25, 0.3) is 0 Å². The maximum absolute atomic E-state index is 12.6. The summed E-state index contributed by atoms with van der Waals surface area (Å²) in [6.07, 6.45) is 11.7. The number of fused-ring (bicyclic) bond motifs is 2. The predicted molar refractivity (Wildman–Crippen MR) is 137 cm³/mol. The van der Waals surface area contributed by atoms with Crippen LogP contribution in [0.25, 0.3) is 11.2 Å². The molecule has 5 aromatic rings. The molecule has 5 heterocycles. The van der Waals surface area contributed by atoms with E-state index < -0.39 is 0 Å². The van der Waals surface area contributed by atoms with E-state index in [9.17, 15) is 4.79 Å². The van der Waals surface area contributed by atoms with Crippen molar-refractivity contribution in [2.45, 2.75) is 45.6 Å². The van der Waals surface area contributed by atoms with Crippen LogP contribution in [0.2, 0.25) is 5.02 Å². The molecule has 1 amide bonds. The molecule has 0 aromatic carbocycles. The normalized spacial score (nSPS) is 12.9. The van der Waals surface area contributed by atoms with Gasteiger partial charge in [-0.05, 0) is 42.5 Å². The summed E-state index contributed by atoms with van der Waals surface area (Å²) in [5.41, 5.74) is 4.44. The first kappa shape index (κ1) is 23.7. The number of halogens is 1. The fourth-order valence-corrected chi connectivity index (χ4v) is 4.09. The molecule has 0 atom stereocenters. The lowest BCUT2D eigenvalue weighted by atomic mass is 10.2. The Bertz CT molecular complexity index is 1520. The Morgan fingerprint density at radius 1 is 1.17 bits per heavy atom. The fourth-order valence-electron chi connectivity index (χ4n) is 3.93. The first-order chi connectivity index (χ1) is 17.6. The third-order valence-electron chi connectivity index (χ3n) is 5.76. The zero-order valence-corrected chi connectivity index (χ0v) is 20.8. The van der Waals surface area contributed by atoms with Gasteiger partial charge < -0.3 is 18.9 Å². The highest BCUT2D eigenvalue weighted by Crippen LogP contribution is 2.39. The van der Waals surface area contributed by atoms with Crippen LogP contribution in [0.5, 0.6) is 5.75 Å². The van der Waals surface area contributed by atoms with Crippen LogP contribution in [-0.4, -0.2) is 34.9 Å². The number of amides is 1. The van der Waals surface area contributed by atoms with Gasteiger partial charge in [0.15, 0.2) is 5.82 Å². The lowest BCUT2D eigenvalue weighted by Gasteiger charge is -2.06. The van der Waals surface area contributed by atoms with Crippen LogP contribution < -0.4 is 10.1 Å². The second-order valence-corrected chi connectivity index (χ2v) is 8.79. The first-order valence-electron chi connectivity index (χ1n) is 11.9. The molecule has 0 spiro atoms. The highest BCUT2D eigenvalue weighted by Gasteiger charge is 2.23. The third kappa shape index (κ3) is 5.31. The van der Waals surface area contributed by atoms with Gasteiger partial charge in [-0.3, -0.25) is 4.79 Å². The number of nitrogens with one attached hydrogen (secondary N) is 1. The molecule has 1 aliphatic rings. The van der Waals surface area contributed by atoms with Crippen LogP contribution in [0.3, 0.4) is 0 Å². The van der Waals surface area contributed by atoms with Crippen LogP contribution in [-0.2, 0) is 17.8 Å². The Hall–Kier alpha value is -3.98. The number of anilines is 1. The Morgan fingerprint density at radius 3 is 2.86 bits per heavy atom. The first-order valence-corrected chi connectivity index (χ1v) is 12.3. The zero-order chi connectivity index (χ0) is 25.1. The molecule has 0 bridgehead atoms. The molecule has 0 unspecified atom stereocenters. The summed E-state index contributed by atoms with van der Waals surface area (Å²) in [5, 5.41) is 11.2. The smallest absolute Gasteiger partial charge is 0.231 e. The average molecular weight is 504 g/mol. The number of rotatable bonds is 7. The Morgan fingerprint density at radius 2 is 2.03 bits per heavy atom. The number of pyridine rings is 2. The van der Waals surface area contributed by atoms with Crippen molar-refractivity contribution in [2.24, 2.45) is 0 Å². The summed E-state index contributed by atoms with van der Waals surface area (Å²) < 4.78 is 9.70. The number of imidazole rings is 2. The van der Waals surface area contributed by atoms with Gasteiger partial charge >= 0.3 is 0 Å². The highest BCUT2D eigenvalue weighted by atomic mass is 35.5. The van der Waals surface area contributed by atoms with Crippen LogP contribution in [0.1, 0.15) is 49.6 Å². The van der Waals surface area contributed by atoms with Crippen LogP contribution in [0, 0.1) is 0 Å². The third-order valence-corrected chi connectivity index (χ3v) is 6.00. The van der Waals surface area contributed by atoms with Crippen LogP contribution >= 0.6 is 11.6 Å². The fraction of sp³-hybridized carbons (Fsp3) is 0.269. The number of nitrogens with zero attached hydrogens (tertiary/aromatic N) is 6. The largest absolute Gasteiger partial charge is 0.485 e. The van der Waals surface area contributed by atoms with Crippen LogP contribution in [0.4, 0.5) is 5.82 Å². The second-order valence-electron chi connectivity index (χ2n) is 8.35. The SMILES string of the molecule is CC.O=C(Cc1ncn2ccc(Cl)cc12)Nc1cc(OCc2cn3cc(C4CC4)ccc3n2)cnn1. The number of ether oxygens (including phenoxy) is 1. The van der Waals surface area contributed by atoms with Gasteiger partial charge in [-0.15, -0.1) is 5.10 Å². The standard InChI is InChI=1S/C24H20ClN7O2.C2H6/c25-17-5-6-31-14-26-20(21(31)7-17)9-24(33)29-22-8-19(10-27-30-22)34-13-18-12-32-11-16(15-1-2-15)3-4-23(32)28-18;1-2/h3-8,10-12,14-15H,1-2,9,13H2,(H,29,30,33);1-2H3. The van der Waals surface area contributed by atoms with Gasteiger partial charge in [-0.25, -0.2) is 9.97 Å². The van der Waals surface area contributed by atoms with Crippen LogP contribution in [0.15, 0.2) is 61.4 Å². The van der Waals surface area contributed by atoms with Crippen molar-refractivity contribution in [1.82, 2.24) is 29.0 Å². The zero-order valence-electron chi connectivity index (χ0n) is 20.1. The maximum Gasteiger partial charge on any atom is 0.231 e. The minimum absolute atomic E-state index is 0.0771. The molecule has 0 aliphatic heterocycles. The van der Waals surface area contributed by atoms with E-state index in [-0.39, 0.29) is 18.9 Å². The van der Waals surface area contributed by atoms with Crippen molar-refractivity contribution in [2.75, 3.05) is 5.32 Å². The van der Waals surface area contributed by atoms with Gasteiger partial charge in [0.05, 0.1) is 35.8 Å². The van der Waals surface area contributed by atoms with Crippen molar-refractivity contribution in [3.05, 3.63) is 83.4 Å². The van der Waals surface area contributed by atoms with Gasteiger partial charge in [0.1, 0.15) is 18.0 Å². The van der Waals surface area contributed by atoms with E-state index in [0.717, 1.165) is 16.9 Å². The minimum atomic E-state index is -0.265. The second kappa shape index (κ2) is 10.3. The van der Waals surface area contributed by atoms with E-state index in [2.05, 4.69) is 37.7 Å². The Balaban J connectivity index is 0.00000130. The molecule has 1 fully saturated rings. The van der Waals surface area contributed by atoms with Gasteiger partial charge in [0, 0.05) is 29.7 Å². The molecule has 184 valence electrons. The summed E-state index contributed by atoms with van der Waals surface area (Å²) in [4.78, 5) is 21.5. The van der Waals surface area contributed by atoms with E-state index in [4.69, 9.17) is 16.3 Å². The lowest BCUT2D eigenvalue weighted by Crippen LogP contribution is -2.16. The summed E-state index contributed by atoms with van der Waals surface area (Å²) in [6.45, 7) is 4.28. The van der Waals surface area contributed by atoms with E-state index >= 15 is 0 Å². The van der Waals surface area contributed by atoms with Crippen molar-refractivity contribution in [1.29, 1.82) is 0 Å². The lowest BCUT2D eigenvalue weighted by molar-refractivity contribution is -0.115. The molecular weight excluding hydrogens is 478 g/mol. The van der Waals surface area contributed by atoms with Crippen molar-refractivity contribution >= 4 is 34.5 Å². The van der Waals surface area contributed by atoms with E-state index in [1.54, 1.807) is 30.7 Å². The van der Waals surface area contributed by atoms with Gasteiger partial charge in [-0.1, -0.05) is 31.5 Å². The van der Waals surface area contributed by atoms with Crippen molar-refractivity contribution < 1.29 is 9.53 Å². The molecular formula is C26H26ClN7O2. The monoisotopic (exact) mass is 503 g/mol. The summed E-state index contributed by atoms with van der Waals surface area (Å²) in [6, 6.07) is 9.36. The number of carbonyl (C=O) groups is 1. The van der Waals surface area contributed by atoms with E-state index in [1.807, 2.05) is 34.9 Å². The Kier molecular flexibility index (Phi) is 6.81. The number of hydrogen-bond acceptors (Lipinski definition) is 6. The summed E-state index contributed by atoms with van der Waals surface area (Å²) >= 11 is 6.07. The van der Waals surface area contributed by atoms with Gasteiger partial charge in [-0.2, -0.15) is 5.10 Å². The van der Waals surface area contributed by atoms with E-state index in [0.29, 0.717) is 28.2 Å². The molecule has 10 heteroatoms. The topological polar surface area (TPSA) is 98.7 Å². The van der Waals surface area contributed by atoms with E-state index in [1.165, 1.54) is 24.6 Å². The molecule has 5 aromatic heterocycles. The average Bonchev–Trinajstić information content (AvgIpc) is 3.55. The molecule has 1 N–H and O–H groups in total. The minimum Gasteiger partial charge on any atom is -0.485 e. The predicted octanol–water partition coefficient (Wildman–Crippen LogP) is 5.09. The number of hydrogen-bond donors (Lipinski definition) is 1. The quantitative estimate of drug-likeness (QED) is 0.332. The number of aromatic nitrogens is 6. The molecule has 1 aliphatic carbocycles. The van der Waals surface area contributed by atoms with Gasteiger partial charge in [0.2, 0.25) is 5.91 Å². The summed E-state index contributed by atoms with van der Waals surface area (Å²) in [5.74, 6) is 1.21. The highest BCUT2D eigenvalue weighted by molar-refractivity contribution is 6.30. The summed E-state index contributed by atoms with van der Waals surface area (Å²) in [7, 11) is 0.